The molecule has 5 nitrogen and oxygen atoms in total. The van der Waals surface area contributed by atoms with Gasteiger partial charge in [0.05, 0.1) is 27.3 Å². The van der Waals surface area contributed by atoms with Crippen LogP contribution in [0.4, 0.5) is 5.95 Å². The number of nitrogens with zero attached hydrogens (tertiary/aromatic N) is 2. The number of furan rings is 1. The molecule has 0 aliphatic carbocycles. The van der Waals surface area contributed by atoms with Crippen LogP contribution >= 0.6 is 23.2 Å². The molecule has 0 aliphatic heterocycles. The number of halogens is 2. The summed E-state index contributed by atoms with van der Waals surface area (Å²) in [7, 11) is 0. The summed E-state index contributed by atoms with van der Waals surface area (Å²) in [5.74, 6) is 1.76. The Morgan fingerprint density at radius 1 is 1.04 bits per heavy atom. The molecule has 2 N–H and O–H groups in total. The summed E-state index contributed by atoms with van der Waals surface area (Å²) in [6.45, 7) is 0. The Bertz CT molecular complexity index is 1030. The van der Waals surface area contributed by atoms with Crippen molar-refractivity contribution in [1.29, 1.82) is 0 Å². The highest BCUT2D eigenvalue weighted by atomic mass is 35.5. The van der Waals surface area contributed by atoms with Gasteiger partial charge in [-0.2, -0.15) is 5.10 Å². The molecule has 0 fully saturated rings. The topological polar surface area (TPSA) is 66.2 Å². The maximum Gasteiger partial charge on any atom is 0.222 e. The lowest BCUT2D eigenvalue weighted by Crippen LogP contribution is -1.91. The van der Waals surface area contributed by atoms with Gasteiger partial charge in [-0.3, -0.25) is 0 Å². The molecule has 4 rings (SSSR count). The minimum Gasteiger partial charge on any atom is -0.455 e. The van der Waals surface area contributed by atoms with E-state index in [1.165, 1.54) is 0 Å². The maximum absolute atomic E-state index is 6.21. The number of fused-ring (bicyclic) bond motifs is 1. The minimum absolute atomic E-state index is 0.461. The molecule has 124 valence electrons. The van der Waals surface area contributed by atoms with Crippen LogP contribution < -0.4 is 5.43 Å². The van der Waals surface area contributed by atoms with E-state index in [9.17, 15) is 0 Å². The molecule has 0 atom stereocenters. The Hall–Kier alpha value is -2.76. The summed E-state index contributed by atoms with van der Waals surface area (Å²) in [6, 6.07) is 16.8. The van der Waals surface area contributed by atoms with Crippen molar-refractivity contribution in [3.63, 3.8) is 0 Å². The lowest BCUT2D eigenvalue weighted by molar-refractivity contribution is 0.575. The third kappa shape index (κ3) is 3.24. The fourth-order valence-electron chi connectivity index (χ4n) is 2.42. The molecule has 2 aromatic heterocycles. The van der Waals surface area contributed by atoms with Gasteiger partial charge in [0.25, 0.3) is 0 Å². The summed E-state index contributed by atoms with van der Waals surface area (Å²) in [5, 5.41) is 5.08. The van der Waals surface area contributed by atoms with Crippen molar-refractivity contribution in [2.24, 2.45) is 5.10 Å². The quantitative estimate of drug-likeness (QED) is 0.364. The molecule has 0 bridgehead atoms. The van der Waals surface area contributed by atoms with Crippen molar-refractivity contribution in [3.05, 3.63) is 70.4 Å². The van der Waals surface area contributed by atoms with E-state index in [0.717, 1.165) is 16.6 Å². The van der Waals surface area contributed by atoms with Crippen LogP contribution in [0.25, 0.3) is 22.4 Å². The Labute approximate surface area is 153 Å². The van der Waals surface area contributed by atoms with Gasteiger partial charge in [0.2, 0.25) is 5.95 Å². The Kier molecular flexibility index (Phi) is 4.17. The second-order valence-electron chi connectivity index (χ2n) is 5.28. The third-order valence-corrected chi connectivity index (χ3v) is 4.41. The summed E-state index contributed by atoms with van der Waals surface area (Å²) in [5.41, 5.74) is 5.40. The van der Waals surface area contributed by atoms with Gasteiger partial charge in [-0.15, -0.1) is 0 Å². The Morgan fingerprint density at radius 2 is 1.92 bits per heavy atom. The molecular weight excluding hydrogens is 359 g/mol. The summed E-state index contributed by atoms with van der Waals surface area (Å²) in [6.07, 6.45) is 1.56. The zero-order valence-electron chi connectivity index (χ0n) is 12.8. The number of anilines is 1. The molecule has 25 heavy (non-hydrogen) atoms. The lowest BCUT2D eigenvalue weighted by Gasteiger charge is -2.01. The van der Waals surface area contributed by atoms with Gasteiger partial charge >= 0.3 is 0 Å². The first-order valence-corrected chi connectivity index (χ1v) is 8.24. The summed E-state index contributed by atoms with van der Waals surface area (Å²) in [4.78, 5) is 7.50. The van der Waals surface area contributed by atoms with Gasteiger partial charge in [0.15, 0.2) is 0 Å². The largest absolute Gasteiger partial charge is 0.455 e. The second kappa shape index (κ2) is 6.63. The van der Waals surface area contributed by atoms with E-state index >= 15 is 0 Å². The van der Waals surface area contributed by atoms with Gasteiger partial charge in [-0.05, 0) is 36.4 Å². The van der Waals surface area contributed by atoms with Gasteiger partial charge in [-0.1, -0.05) is 41.4 Å². The molecule has 0 amide bonds. The molecule has 2 heterocycles. The normalized spacial score (nSPS) is 11.4. The fourth-order valence-corrected chi connectivity index (χ4v) is 2.82. The van der Waals surface area contributed by atoms with E-state index in [2.05, 4.69) is 20.5 Å². The third-order valence-electron chi connectivity index (χ3n) is 3.60. The van der Waals surface area contributed by atoms with Crippen LogP contribution in [0, 0.1) is 0 Å². The molecule has 0 radical (unpaired) electrons. The number of H-pyrrole nitrogens is 1. The van der Waals surface area contributed by atoms with Crippen molar-refractivity contribution in [1.82, 2.24) is 9.97 Å². The van der Waals surface area contributed by atoms with Crippen molar-refractivity contribution in [2.75, 3.05) is 5.43 Å². The minimum atomic E-state index is 0.461. The Balaban J connectivity index is 1.50. The van der Waals surface area contributed by atoms with Crippen molar-refractivity contribution < 1.29 is 4.42 Å². The van der Waals surface area contributed by atoms with E-state index in [0.29, 0.717) is 27.5 Å². The van der Waals surface area contributed by atoms with Crippen molar-refractivity contribution in [2.45, 2.75) is 0 Å². The average molecular weight is 371 g/mol. The first kappa shape index (κ1) is 15.7. The lowest BCUT2D eigenvalue weighted by atomic mass is 10.2. The van der Waals surface area contributed by atoms with Crippen LogP contribution in [-0.2, 0) is 0 Å². The van der Waals surface area contributed by atoms with Crippen molar-refractivity contribution in [3.8, 4) is 11.3 Å². The van der Waals surface area contributed by atoms with Crippen LogP contribution in [0.2, 0.25) is 10.0 Å². The highest BCUT2D eigenvalue weighted by Gasteiger charge is 2.10. The highest BCUT2D eigenvalue weighted by Crippen LogP contribution is 2.34. The summed E-state index contributed by atoms with van der Waals surface area (Å²) >= 11 is 12.2. The number of para-hydroxylation sites is 2. The molecule has 0 saturated heterocycles. The summed E-state index contributed by atoms with van der Waals surface area (Å²) < 4.78 is 5.74. The second-order valence-corrected chi connectivity index (χ2v) is 6.06. The van der Waals surface area contributed by atoms with E-state index < -0.39 is 0 Å². The number of nitrogens with one attached hydrogen (secondary N) is 2. The van der Waals surface area contributed by atoms with Crippen LogP contribution in [0.1, 0.15) is 5.76 Å². The van der Waals surface area contributed by atoms with E-state index in [1.54, 1.807) is 18.3 Å². The molecule has 2 aromatic carbocycles. The monoisotopic (exact) mass is 370 g/mol. The smallest absolute Gasteiger partial charge is 0.222 e. The number of aromatic nitrogens is 2. The van der Waals surface area contributed by atoms with Gasteiger partial charge in [0.1, 0.15) is 11.5 Å². The number of benzene rings is 2. The SMILES string of the molecule is Clc1cccc(-c2ccc(C=NNc3nc4ccccc4[nH]3)o2)c1Cl. The number of hydrogen-bond acceptors (Lipinski definition) is 4. The standard InChI is InChI=1S/C18H12Cl2N4O/c19-13-5-3-4-12(17(13)20)16-9-8-11(25-16)10-21-24-18-22-14-6-1-2-7-15(14)23-18/h1-10H,(H2,22,23,24). The molecule has 0 unspecified atom stereocenters. The molecule has 0 saturated carbocycles. The number of hydrazone groups is 1. The molecule has 0 spiro atoms. The maximum atomic E-state index is 6.21. The van der Waals surface area contributed by atoms with Gasteiger partial charge < -0.3 is 9.40 Å². The van der Waals surface area contributed by atoms with Crippen molar-refractivity contribution >= 4 is 46.4 Å². The molecule has 0 aliphatic rings. The van der Waals surface area contributed by atoms with Crippen LogP contribution in [0.3, 0.4) is 0 Å². The first-order valence-electron chi connectivity index (χ1n) is 7.49. The molecule has 4 aromatic rings. The zero-order valence-corrected chi connectivity index (χ0v) is 14.3. The van der Waals surface area contributed by atoms with E-state index in [1.807, 2.05) is 42.5 Å². The average Bonchev–Trinajstić information content (AvgIpc) is 3.24. The highest BCUT2D eigenvalue weighted by molar-refractivity contribution is 6.43. The van der Waals surface area contributed by atoms with E-state index in [-0.39, 0.29) is 0 Å². The molecular formula is C18H12Cl2N4O. The predicted octanol–water partition coefficient (Wildman–Crippen LogP) is 5.58. The number of hydrogen-bond donors (Lipinski definition) is 2. The predicted molar refractivity (Wildman–Crippen MR) is 101 cm³/mol. The van der Waals surface area contributed by atoms with Crippen LogP contribution in [-0.4, -0.2) is 16.2 Å². The number of rotatable bonds is 4. The number of imidazole rings is 1. The fraction of sp³-hybridized carbons (Fsp3) is 0. The first-order chi connectivity index (χ1) is 12.2. The van der Waals surface area contributed by atoms with Crippen LogP contribution in [0.5, 0.6) is 0 Å². The van der Waals surface area contributed by atoms with Gasteiger partial charge in [-0.25, -0.2) is 10.4 Å². The van der Waals surface area contributed by atoms with E-state index in [4.69, 9.17) is 27.6 Å². The van der Waals surface area contributed by atoms with Gasteiger partial charge in [0, 0.05) is 5.56 Å². The van der Waals surface area contributed by atoms with Crippen LogP contribution in [0.15, 0.2) is 64.1 Å². The zero-order chi connectivity index (χ0) is 17.2. The number of aromatic amines is 1. The molecule has 7 heteroatoms. The Morgan fingerprint density at radius 3 is 2.80 bits per heavy atom.